The number of rotatable bonds is 4. The monoisotopic (exact) mass is 505 g/mol. The predicted molar refractivity (Wildman–Crippen MR) is 132 cm³/mol. The number of hydrogen-bond acceptors (Lipinski definition) is 1. The van der Waals surface area contributed by atoms with Gasteiger partial charge in [-0.2, -0.15) is 0 Å². The Balaban J connectivity index is 1.52. The molecule has 4 aromatic carbocycles. The number of carbonyl (C=O) groups excluding carboxylic acids is 1. The number of benzene rings is 4. The Morgan fingerprint density at radius 2 is 1.24 bits per heavy atom. The lowest BCUT2D eigenvalue weighted by Crippen LogP contribution is -2.03. The van der Waals surface area contributed by atoms with E-state index in [0.717, 1.165) is 11.1 Å². The molecule has 0 radical (unpaired) electrons. The number of fused-ring (bicyclic) bond motifs is 3. The topological polar surface area (TPSA) is 17.1 Å². The van der Waals surface area contributed by atoms with Gasteiger partial charge in [0, 0.05) is 36.8 Å². The first-order valence-corrected chi connectivity index (χ1v) is 11.8. The lowest BCUT2D eigenvalue weighted by molar-refractivity contribution is 0.0993. The fourth-order valence-corrected chi connectivity index (χ4v) is 6.51. The molecule has 1 aromatic heterocycles. The minimum absolute atomic E-state index is 0.115. The van der Waals surface area contributed by atoms with Gasteiger partial charge in [-0.15, -0.1) is 0 Å². The SMILES string of the molecule is O=C(Cc1ccc(I)cc1)c1ccc(-[s+]2c3ccccc3c3ccccc32)cc1. The number of thiophene rings is 1. The Hall–Kier alpha value is -2.50. The summed E-state index contributed by atoms with van der Waals surface area (Å²) in [5.74, 6) is 0.160. The molecule has 140 valence electrons. The van der Waals surface area contributed by atoms with E-state index >= 15 is 0 Å². The molecular weight excluding hydrogens is 487 g/mol. The summed E-state index contributed by atoms with van der Waals surface area (Å²) in [6.45, 7) is 0. The molecule has 1 heterocycles. The first-order valence-electron chi connectivity index (χ1n) is 9.51. The smallest absolute Gasteiger partial charge is 0.187 e. The van der Waals surface area contributed by atoms with Gasteiger partial charge in [0.1, 0.15) is 0 Å². The molecule has 0 bridgehead atoms. The van der Waals surface area contributed by atoms with Crippen molar-refractivity contribution in [2.45, 2.75) is 6.42 Å². The Labute approximate surface area is 186 Å². The minimum Gasteiger partial charge on any atom is -0.294 e. The third kappa shape index (κ3) is 3.49. The van der Waals surface area contributed by atoms with Gasteiger partial charge in [0.2, 0.25) is 0 Å². The maximum atomic E-state index is 12.7. The van der Waals surface area contributed by atoms with Crippen molar-refractivity contribution in [2.24, 2.45) is 0 Å². The molecular formula is C26H18IOS+. The van der Waals surface area contributed by atoms with Crippen LogP contribution in [0, 0.1) is 3.57 Å². The van der Waals surface area contributed by atoms with E-state index in [1.54, 1.807) is 0 Å². The van der Waals surface area contributed by atoms with E-state index in [-0.39, 0.29) is 16.3 Å². The number of hydrogen-bond donors (Lipinski definition) is 0. The van der Waals surface area contributed by atoms with E-state index in [1.807, 2.05) is 36.4 Å². The molecule has 0 unspecified atom stereocenters. The van der Waals surface area contributed by atoms with Crippen LogP contribution in [-0.4, -0.2) is 5.78 Å². The molecule has 0 saturated heterocycles. The maximum Gasteiger partial charge on any atom is 0.187 e. The Kier molecular flexibility index (Phi) is 4.94. The highest BCUT2D eigenvalue weighted by Gasteiger charge is 2.23. The standard InChI is InChI=1S/C26H18IOS/c27-20-13-9-18(10-14-20)17-24(28)19-11-15-21(16-12-19)29-25-7-3-1-5-22(25)23-6-2-4-8-26(23)29/h1-16H,17H2/q+1. The molecule has 0 aliphatic heterocycles. The molecule has 0 spiro atoms. The summed E-state index contributed by atoms with van der Waals surface area (Å²) in [5, 5.41) is 2.65. The van der Waals surface area contributed by atoms with Gasteiger partial charge in [0.05, 0.1) is 0 Å². The molecule has 0 fully saturated rings. The zero-order valence-corrected chi connectivity index (χ0v) is 18.6. The van der Waals surface area contributed by atoms with Crippen molar-refractivity contribution in [1.82, 2.24) is 0 Å². The molecule has 5 rings (SSSR count). The van der Waals surface area contributed by atoms with Crippen LogP contribution in [0.1, 0.15) is 15.9 Å². The van der Waals surface area contributed by atoms with Crippen molar-refractivity contribution >= 4 is 59.0 Å². The molecule has 0 atom stereocenters. The number of ketones is 1. The summed E-state index contributed by atoms with van der Waals surface area (Å²) in [6.07, 6.45) is 0.438. The maximum absolute atomic E-state index is 12.7. The molecule has 0 saturated carbocycles. The van der Waals surface area contributed by atoms with Crippen molar-refractivity contribution in [3.63, 3.8) is 0 Å². The van der Waals surface area contributed by atoms with Gasteiger partial charge in [0.25, 0.3) is 0 Å². The van der Waals surface area contributed by atoms with Crippen LogP contribution in [0.15, 0.2) is 97.1 Å². The van der Waals surface area contributed by atoms with Crippen molar-refractivity contribution in [1.29, 1.82) is 0 Å². The Bertz CT molecular complexity index is 1280. The van der Waals surface area contributed by atoms with Crippen LogP contribution in [0.5, 0.6) is 0 Å². The molecule has 0 amide bonds. The highest BCUT2D eigenvalue weighted by atomic mass is 127. The average Bonchev–Trinajstić information content (AvgIpc) is 3.10. The van der Waals surface area contributed by atoms with E-state index in [9.17, 15) is 4.79 Å². The molecule has 0 N–H and O–H groups in total. The van der Waals surface area contributed by atoms with Crippen LogP contribution >= 0.6 is 33.1 Å². The predicted octanol–water partition coefficient (Wildman–Crippen LogP) is 7.76. The zero-order chi connectivity index (χ0) is 19.8. The van der Waals surface area contributed by atoms with Gasteiger partial charge in [-0.3, -0.25) is 4.79 Å². The van der Waals surface area contributed by atoms with Crippen LogP contribution in [0.25, 0.3) is 25.1 Å². The van der Waals surface area contributed by atoms with Gasteiger partial charge in [-0.05, 0) is 88.8 Å². The van der Waals surface area contributed by atoms with E-state index in [4.69, 9.17) is 0 Å². The highest BCUT2D eigenvalue weighted by Crippen LogP contribution is 2.48. The van der Waals surface area contributed by atoms with E-state index in [2.05, 4.69) is 83.3 Å². The second kappa shape index (κ2) is 7.73. The van der Waals surface area contributed by atoms with Crippen LogP contribution < -0.4 is 0 Å². The third-order valence-corrected chi connectivity index (χ3v) is 8.25. The van der Waals surface area contributed by atoms with E-state index < -0.39 is 0 Å². The fourth-order valence-electron chi connectivity index (χ4n) is 3.77. The molecule has 3 heteroatoms. The number of carbonyl (C=O) groups is 1. The van der Waals surface area contributed by atoms with Gasteiger partial charge in [-0.1, -0.05) is 36.4 Å². The van der Waals surface area contributed by atoms with Crippen LogP contribution in [0.4, 0.5) is 0 Å². The summed E-state index contributed by atoms with van der Waals surface area (Å²) in [7, 11) is -0.115. The van der Waals surface area contributed by atoms with Crippen LogP contribution in [-0.2, 0) is 6.42 Å². The Morgan fingerprint density at radius 1 is 0.690 bits per heavy atom. The summed E-state index contributed by atoms with van der Waals surface area (Å²) in [5.41, 5.74) is 1.83. The zero-order valence-electron chi connectivity index (χ0n) is 15.6. The minimum atomic E-state index is -0.115. The molecule has 1 nitrogen and oxygen atoms in total. The van der Waals surface area contributed by atoms with E-state index in [1.165, 1.54) is 28.6 Å². The summed E-state index contributed by atoms with van der Waals surface area (Å²) in [6, 6.07) is 33.7. The van der Waals surface area contributed by atoms with Gasteiger partial charge >= 0.3 is 0 Å². The first-order chi connectivity index (χ1) is 14.2. The lowest BCUT2D eigenvalue weighted by Gasteiger charge is -2.02. The summed E-state index contributed by atoms with van der Waals surface area (Å²) < 4.78 is 3.92. The van der Waals surface area contributed by atoms with Crippen LogP contribution in [0.3, 0.4) is 0 Å². The average molecular weight is 505 g/mol. The quantitative estimate of drug-likeness (QED) is 0.139. The molecule has 29 heavy (non-hydrogen) atoms. The van der Waals surface area contributed by atoms with E-state index in [0.29, 0.717) is 6.42 Å². The Morgan fingerprint density at radius 3 is 1.83 bits per heavy atom. The third-order valence-electron chi connectivity index (χ3n) is 5.19. The largest absolute Gasteiger partial charge is 0.294 e. The lowest BCUT2D eigenvalue weighted by atomic mass is 10.0. The van der Waals surface area contributed by atoms with Crippen molar-refractivity contribution in [3.05, 3.63) is 112 Å². The van der Waals surface area contributed by atoms with Crippen molar-refractivity contribution < 1.29 is 4.79 Å². The highest BCUT2D eigenvalue weighted by molar-refractivity contribution is 14.1. The van der Waals surface area contributed by atoms with Gasteiger partial charge < -0.3 is 0 Å². The van der Waals surface area contributed by atoms with Crippen molar-refractivity contribution in [2.75, 3.05) is 0 Å². The molecule has 0 aliphatic carbocycles. The first kappa shape index (κ1) is 18.5. The number of Topliss-reactive ketones (excluding diaryl/α,β-unsaturated/α-hetero) is 1. The van der Waals surface area contributed by atoms with Gasteiger partial charge in [0.15, 0.2) is 20.1 Å². The molecule has 5 aromatic rings. The number of halogens is 1. The molecule has 0 aliphatic rings. The van der Waals surface area contributed by atoms with Gasteiger partial charge in [-0.25, -0.2) is 0 Å². The van der Waals surface area contributed by atoms with Crippen LogP contribution in [0.2, 0.25) is 0 Å². The second-order valence-corrected chi connectivity index (χ2v) is 10.3. The summed E-state index contributed by atoms with van der Waals surface area (Å²) >= 11 is 2.28. The second-order valence-electron chi connectivity index (χ2n) is 7.05. The van der Waals surface area contributed by atoms with Crippen molar-refractivity contribution in [3.8, 4) is 4.90 Å². The fraction of sp³-hybridized carbons (Fsp3) is 0.0385. The normalized spacial score (nSPS) is 11.2. The summed E-state index contributed by atoms with van der Waals surface area (Å²) in [4.78, 5) is 14.0.